The zero-order valence-electron chi connectivity index (χ0n) is 14.4. The van der Waals surface area contributed by atoms with Crippen LogP contribution in [0.3, 0.4) is 0 Å². The second kappa shape index (κ2) is 8.59. The molecule has 9 heteroatoms. The number of nitrogens with one attached hydrogen (secondary N) is 1. The first-order valence-corrected chi connectivity index (χ1v) is 8.01. The van der Waals surface area contributed by atoms with E-state index < -0.39 is 36.0 Å². The Labute approximate surface area is 158 Å². The van der Waals surface area contributed by atoms with Gasteiger partial charge in [-0.15, -0.1) is 0 Å². The third-order valence-electron chi connectivity index (χ3n) is 3.54. The third-order valence-corrected chi connectivity index (χ3v) is 3.86. The van der Waals surface area contributed by atoms with E-state index in [0.29, 0.717) is 0 Å². The maximum absolute atomic E-state index is 13.2. The Bertz CT molecular complexity index is 905. The Morgan fingerprint density at radius 2 is 1.81 bits per heavy atom. The van der Waals surface area contributed by atoms with E-state index in [2.05, 4.69) is 10.1 Å². The van der Waals surface area contributed by atoms with Crippen LogP contribution >= 0.6 is 11.6 Å². The van der Waals surface area contributed by atoms with Crippen molar-refractivity contribution in [3.63, 3.8) is 0 Å². The number of esters is 1. The van der Waals surface area contributed by atoms with E-state index in [1.54, 1.807) is 0 Å². The number of methoxy groups -OCH3 is 1. The largest absolute Gasteiger partial charge is 0.465 e. The van der Waals surface area contributed by atoms with E-state index in [4.69, 9.17) is 11.6 Å². The maximum atomic E-state index is 13.2. The summed E-state index contributed by atoms with van der Waals surface area (Å²) < 4.78 is 30.8. The van der Waals surface area contributed by atoms with Crippen molar-refractivity contribution in [3.8, 4) is 0 Å². The Balaban J connectivity index is 2.25. The van der Waals surface area contributed by atoms with Gasteiger partial charge in [-0.1, -0.05) is 11.6 Å². The zero-order valence-corrected chi connectivity index (χ0v) is 15.1. The predicted molar refractivity (Wildman–Crippen MR) is 95.8 cm³/mol. The monoisotopic (exact) mass is 396 g/mol. The van der Waals surface area contributed by atoms with E-state index in [1.807, 2.05) is 0 Å². The minimum atomic E-state index is -1.12. The summed E-state index contributed by atoms with van der Waals surface area (Å²) in [6.07, 6.45) is 0. The average Bonchev–Trinajstić information content (AvgIpc) is 2.62. The van der Waals surface area contributed by atoms with Crippen LogP contribution in [0.2, 0.25) is 5.02 Å². The van der Waals surface area contributed by atoms with Crippen molar-refractivity contribution in [1.82, 2.24) is 0 Å². The number of nitrogens with zero attached hydrogens (tertiary/aromatic N) is 1. The van der Waals surface area contributed by atoms with Crippen LogP contribution in [0.4, 0.5) is 20.2 Å². The Morgan fingerprint density at radius 3 is 2.41 bits per heavy atom. The topological polar surface area (TPSA) is 75.7 Å². The standard InChI is InChI=1S/C18H15ClF2N2O4/c1-10(24)23(16-7-11(18(26)27-2)3-5-13(16)19)9-17(25)22-12-4-6-14(20)15(21)8-12/h3-8H,9H2,1-2H3,(H,22,25). The van der Waals surface area contributed by atoms with Crippen molar-refractivity contribution in [3.05, 3.63) is 58.6 Å². The third kappa shape index (κ3) is 5.01. The fourth-order valence-corrected chi connectivity index (χ4v) is 2.47. The maximum Gasteiger partial charge on any atom is 0.337 e. The van der Waals surface area contributed by atoms with Crippen LogP contribution in [0.5, 0.6) is 0 Å². The van der Waals surface area contributed by atoms with Crippen molar-refractivity contribution < 1.29 is 27.9 Å². The Hall–Kier alpha value is -3.00. The highest BCUT2D eigenvalue weighted by molar-refractivity contribution is 6.34. The molecule has 0 spiro atoms. The molecule has 0 heterocycles. The number of anilines is 2. The van der Waals surface area contributed by atoms with E-state index in [1.165, 1.54) is 38.3 Å². The van der Waals surface area contributed by atoms with Gasteiger partial charge in [-0.3, -0.25) is 9.59 Å². The smallest absolute Gasteiger partial charge is 0.337 e. The van der Waals surface area contributed by atoms with Crippen LogP contribution in [0.1, 0.15) is 17.3 Å². The molecule has 0 fully saturated rings. The highest BCUT2D eigenvalue weighted by atomic mass is 35.5. The normalized spacial score (nSPS) is 10.3. The van der Waals surface area contributed by atoms with Crippen molar-refractivity contribution in [2.24, 2.45) is 0 Å². The number of carbonyl (C=O) groups excluding carboxylic acids is 3. The van der Waals surface area contributed by atoms with Gasteiger partial charge in [0.15, 0.2) is 11.6 Å². The number of benzene rings is 2. The second-order valence-electron chi connectivity index (χ2n) is 5.44. The summed E-state index contributed by atoms with van der Waals surface area (Å²) in [5.41, 5.74) is 0.300. The predicted octanol–water partition coefficient (Wildman–Crippen LogP) is 3.40. The average molecular weight is 397 g/mol. The molecule has 0 aliphatic heterocycles. The SMILES string of the molecule is COC(=O)c1ccc(Cl)c(N(CC(=O)Nc2ccc(F)c(F)c2)C(C)=O)c1. The van der Waals surface area contributed by atoms with Crippen LogP contribution in [-0.2, 0) is 14.3 Å². The molecule has 0 saturated carbocycles. The van der Waals surface area contributed by atoms with Gasteiger partial charge in [0.2, 0.25) is 11.8 Å². The van der Waals surface area contributed by atoms with Gasteiger partial charge in [0, 0.05) is 18.7 Å². The summed E-state index contributed by atoms with van der Waals surface area (Å²) in [6.45, 7) is 0.755. The summed E-state index contributed by atoms with van der Waals surface area (Å²) in [5, 5.41) is 2.50. The minimum absolute atomic E-state index is 0.0248. The molecule has 0 bridgehead atoms. The van der Waals surface area contributed by atoms with E-state index >= 15 is 0 Å². The van der Waals surface area contributed by atoms with E-state index in [-0.39, 0.29) is 22.0 Å². The Morgan fingerprint density at radius 1 is 1.11 bits per heavy atom. The molecule has 2 aromatic carbocycles. The fraction of sp³-hybridized carbons (Fsp3) is 0.167. The first-order chi connectivity index (χ1) is 12.7. The van der Waals surface area contributed by atoms with Crippen LogP contribution in [0.25, 0.3) is 0 Å². The van der Waals surface area contributed by atoms with E-state index in [9.17, 15) is 23.2 Å². The molecule has 6 nitrogen and oxygen atoms in total. The van der Waals surface area contributed by atoms with Gasteiger partial charge in [-0.2, -0.15) is 0 Å². The molecule has 1 N–H and O–H groups in total. The van der Waals surface area contributed by atoms with Crippen LogP contribution in [-0.4, -0.2) is 31.4 Å². The highest BCUT2D eigenvalue weighted by Gasteiger charge is 2.20. The van der Waals surface area contributed by atoms with Crippen LogP contribution in [0, 0.1) is 11.6 Å². The molecule has 0 aliphatic carbocycles. The lowest BCUT2D eigenvalue weighted by atomic mass is 10.2. The number of ether oxygens (including phenoxy) is 1. The van der Waals surface area contributed by atoms with Gasteiger partial charge in [-0.25, -0.2) is 13.6 Å². The number of hydrogen-bond donors (Lipinski definition) is 1. The van der Waals surface area contributed by atoms with Gasteiger partial charge in [-0.05, 0) is 30.3 Å². The van der Waals surface area contributed by atoms with Gasteiger partial charge < -0.3 is 15.0 Å². The lowest BCUT2D eigenvalue weighted by molar-refractivity contribution is -0.120. The minimum Gasteiger partial charge on any atom is -0.465 e. The van der Waals surface area contributed by atoms with Gasteiger partial charge in [0.1, 0.15) is 6.54 Å². The summed E-state index contributed by atoms with van der Waals surface area (Å²) in [6, 6.07) is 6.99. The quantitative estimate of drug-likeness (QED) is 0.786. The molecule has 2 aromatic rings. The number of halogens is 3. The molecule has 0 aliphatic rings. The number of carbonyl (C=O) groups is 3. The molecule has 0 saturated heterocycles. The lowest BCUT2D eigenvalue weighted by Gasteiger charge is -2.22. The molecule has 27 heavy (non-hydrogen) atoms. The van der Waals surface area contributed by atoms with Crippen LogP contribution < -0.4 is 10.2 Å². The number of amides is 2. The molecule has 0 unspecified atom stereocenters. The molecule has 0 radical (unpaired) electrons. The molecular weight excluding hydrogens is 382 g/mol. The summed E-state index contributed by atoms with van der Waals surface area (Å²) in [4.78, 5) is 36.9. The summed E-state index contributed by atoms with van der Waals surface area (Å²) in [5.74, 6) is -3.99. The number of rotatable bonds is 5. The summed E-state index contributed by atoms with van der Waals surface area (Å²) >= 11 is 6.10. The summed E-state index contributed by atoms with van der Waals surface area (Å²) in [7, 11) is 1.20. The highest BCUT2D eigenvalue weighted by Crippen LogP contribution is 2.27. The van der Waals surface area contributed by atoms with Crippen molar-refractivity contribution >= 4 is 40.8 Å². The Kier molecular flexibility index (Phi) is 6.46. The first-order valence-electron chi connectivity index (χ1n) is 7.63. The molecular formula is C18H15ClF2N2O4. The van der Waals surface area contributed by atoms with Crippen molar-refractivity contribution in [2.75, 3.05) is 23.9 Å². The second-order valence-corrected chi connectivity index (χ2v) is 5.85. The van der Waals surface area contributed by atoms with Crippen LogP contribution in [0.15, 0.2) is 36.4 Å². The molecule has 0 atom stereocenters. The molecule has 2 rings (SSSR count). The van der Waals surface area contributed by atoms with Gasteiger partial charge >= 0.3 is 5.97 Å². The lowest BCUT2D eigenvalue weighted by Crippen LogP contribution is -2.37. The first kappa shape index (κ1) is 20.3. The van der Waals surface area contributed by atoms with Gasteiger partial charge in [0.05, 0.1) is 23.4 Å². The van der Waals surface area contributed by atoms with Gasteiger partial charge in [0.25, 0.3) is 0 Å². The molecule has 2 amide bonds. The van der Waals surface area contributed by atoms with Crippen molar-refractivity contribution in [1.29, 1.82) is 0 Å². The zero-order chi connectivity index (χ0) is 20.1. The van der Waals surface area contributed by atoms with E-state index in [0.717, 1.165) is 17.0 Å². The van der Waals surface area contributed by atoms with Crippen molar-refractivity contribution in [2.45, 2.75) is 6.92 Å². The molecule has 142 valence electrons. The molecule has 0 aromatic heterocycles. The number of hydrogen-bond acceptors (Lipinski definition) is 4. The fourth-order valence-electron chi connectivity index (χ4n) is 2.25.